The molecule has 2 saturated heterocycles. The number of aliphatic imine (C=N–C) groups is 1. The van der Waals surface area contributed by atoms with Crippen LogP contribution in [-0.2, 0) is 11.3 Å². The molecule has 0 aromatic heterocycles. The summed E-state index contributed by atoms with van der Waals surface area (Å²) in [6.07, 6.45) is 0. The molecule has 2 fully saturated rings. The Hall–Kier alpha value is -3.59. The Morgan fingerprint density at radius 1 is 0.941 bits per heavy atom. The summed E-state index contributed by atoms with van der Waals surface area (Å²) in [4.78, 5) is 37.5. The number of amides is 3. The molecule has 0 bridgehead atoms. The van der Waals surface area contributed by atoms with Gasteiger partial charge in [0.2, 0.25) is 0 Å². The number of fused-ring (bicyclic) bond motifs is 1. The fourth-order valence-corrected chi connectivity index (χ4v) is 4.77. The van der Waals surface area contributed by atoms with Crippen molar-refractivity contribution in [2.24, 2.45) is 4.99 Å². The van der Waals surface area contributed by atoms with E-state index in [1.54, 1.807) is 25.2 Å². The van der Waals surface area contributed by atoms with Crippen molar-refractivity contribution in [3.63, 3.8) is 0 Å². The Labute approximate surface area is 198 Å². The fourth-order valence-electron chi connectivity index (χ4n) is 4.77. The minimum absolute atomic E-state index is 0.200. The second kappa shape index (κ2) is 8.98. The number of nitrogens with zero attached hydrogens (tertiary/aromatic N) is 6. The molecule has 0 radical (unpaired) electrons. The minimum atomic E-state index is -0.743. The lowest BCUT2D eigenvalue weighted by Gasteiger charge is -2.35. The van der Waals surface area contributed by atoms with Crippen molar-refractivity contribution in [3.05, 3.63) is 66.0 Å². The molecule has 3 aliphatic heterocycles. The second-order valence-corrected chi connectivity index (χ2v) is 8.85. The van der Waals surface area contributed by atoms with E-state index in [0.717, 1.165) is 31.1 Å². The largest absolute Gasteiger partial charge is 0.369 e. The highest BCUT2D eigenvalue weighted by Crippen LogP contribution is 2.22. The van der Waals surface area contributed by atoms with E-state index in [0.29, 0.717) is 23.8 Å². The molecule has 1 unspecified atom stereocenters. The van der Waals surface area contributed by atoms with Gasteiger partial charge in [-0.25, -0.2) is 13.8 Å². The number of halogens is 1. The summed E-state index contributed by atoms with van der Waals surface area (Å²) < 4.78 is 16.4. The molecule has 3 aliphatic rings. The molecule has 0 N–H and O–H groups in total. The van der Waals surface area contributed by atoms with E-state index in [4.69, 9.17) is 4.99 Å². The van der Waals surface area contributed by atoms with Gasteiger partial charge in [-0.15, -0.1) is 0 Å². The van der Waals surface area contributed by atoms with Crippen molar-refractivity contribution >= 4 is 29.3 Å². The smallest absolute Gasteiger partial charge is 0.333 e. The molecule has 0 saturated carbocycles. The van der Waals surface area contributed by atoms with Crippen LogP contribution in [0.1, 0.15) is 5.56 Å². The number of anilines is 1. The first-order valence-electron chi connectivity index (χ1n) is 11.5. The first-order valence-corrected chi connectivity index (χ1v) is 11.5. The average molecular weight is 464 g/mol. The summed E-state index contributed by atoms with van der Waals surface area (Å²) in [6.45, 7) is 4.16. The molecule has 5 rings (SSSR count). The van der Waals surface area contributed by atoms with Crippen molar-refractivity contribution in [1.82, 2.24) is 14.7 Å². The van der Waals surface area contributed by atoms with Crippen LogP contribution in [0, 0.1) is 5.82 Å². The maximum absolute atomic E-state index is 14.5. The second-order valence-electron chi connectivity index (χ2n) is 8.85. The summed E-state index contributed by atoms with van der Waals surface area (Å²) in [5.41, 5.74) is 1.69. The van der Waals surface area contributed by atoms with E-state index in [2.05, 4.69) is 21.9 Å². The highest BCUT2D eigenvalue weighted by molar-refractivity contribution is 6.23. The van der Waals surface area contributed by atoms with Crippen molar-refractivity contribution in [1.29, 1.82) is 0 Å². The predicted molar refractivity (Wildman–Crippen MR) is 128 cm³/mol. The van der Waals surface area contributed by atoms with Gasteiger partial charge < -0.3 is 4.90 Å². The number of piperazine rings is 1. The number of amidine groups is 2. The molecular formula is C25H28FN6O2+. The number of carbonyl (C=O) groups excluding carboxylic acids is 2. The topological polar surface area (TPSA) is 62.5 Å². The molecular weight excluding hydrogens is 435 g/mol. The van der Waals surface area contributed by atoms with Gasteiger partial charge in [0.25, 0.3) is 17.8 Å². The van der Waals surface area contributed by atoms with Gasteiger partial charge in [-0.2, -0.15) is 0 Å². The van der Waals surface area contributed by atoms with Crippen LogP contribution in [0.3, 0.4) is 0 Å². The number of urea groups is 1. The summed E-state index contributed by atoms with van der Waals surface area (Å²) in [6, 6.07) is 15.7. The van der Waals surface area contributed by atoms with Gasteiger partial charge in [0.15, 0.2) is 0 Å². The standard InChI is InChI=1S/C25H28FN6O2/c1-28-23-22(24(33)29(2)25(28)34)32(16-18-8-6-7-11-20(18)26)21(27-23)17-30-12-14-31(15-13-30)19-9-4-3-5-10-19/h3-11,22H,12-17H2,1-2H3/q+1. The number of imide groups is 1. The Balaban J connectivity index is 1.41. The summed E-state index contributed by atoms with van der Waals surface area (Å²) >= 11 is 0. The van der Waals surface area contributed by atoms with Crippen molar-refractivity contribution in [2.45, 2.75) is 12.6 Å². The minimum Gasteiger partial charge on any atom is -0.369 e. The highest BCUT2D eigenvalue weighted by atomic mass is 19.1. The average Bonchev–Trinajstić information content (AvgIpc) is 3.21. The predicted octanol–water partition coefficient (Wildman–Crippen LogP) is 1.86. The molecule has 2 aromatic rings. The Morgan fingerprint density at radius 3 is 2.32 bits per heavy atom. The molecule has 34 heavy (non-hydrogen) atoms. The Morgan fingerprint density at radius 2 is 1.62 bits per heavy atom. The van der Waals surface area contributed by atoms with Gasteiger partial charge in [-0.1, -0.05) is 36.4 Å². The number of benzene rings is 2. The van der Waals surface area contributed by atoms with E-state index in [1.807, 2.05) is 22.8 Å². The van der Waals surface area contributed by atoms with E-state index in [9.17, 15) is 14.0 Å². The number of carbonyl (C=O) groups is 2. The van der Waals surface area contributed by atoms with Crippen LogP contribution in [0.2, 0.25) is 0 Å². The normalized spacial score (nSPS) is 21.3. The molecule has 1 atom stereocenters. The van der Waals surface area contributed by atoms with Gasteiger partial charge >= 0.3 is 11.9 Å². The van der Waals surface area contributed by atoms with Crippen LogP contribution in [0.5, 0.6) is 0 Å². The van der Waals surface area contributed by atoms with Gasteiger partial charge in [0, 0.05) is 51.5 Å². The third-order valence-corrected chi connectivity index (χ3v) is 6.77. The van der Waals surface area contributed by atoms with Crippen LogP contribution >= 0.6 is 0 Å². The van der Waals surface area contributed by atoms with Crippen LogP contribution in [0.25, 0.3) is 0 Å². The Bertz CT molecular complexity index is 1170. The molecule has 176 valence electrons. The van der Waals surface area contributed by atoms with Gasteiger partial charge in [0.05, 0.1) is 0 Å². The molecule has 3 heterocycles. The maximum Gasteiger partial charge on any atom is 0.333 e. The van der Waals surface area contributed by atoms with Crippen LogP contribution < -0.4 is 4.90 Å². The van der Waals surface area contributed by atoms with E-state index in [1.165, 1.54) is 23.7 Å². The SMILES string of the molecule is CN1C(=O)C2C(=NC(CN3CCN(c4ccccc4)CC3)=[N+]2Cc2ccccc2F)N(C)C1=O. The molecule has 0 spiro atoms. The third kappa shape index (κ3) is 3.96. The lowest BCUT2D eigenvalue weighted by molar-refractivity contribution is -0.552. The van der Waals surface area contributed by atoms with E-state index < -0.39 is 12.1 Å². The maximum atomic E-state index is 14.5. The number of hydrogen-bond donors (Lipinski definition) is 0. The number of likely N-dealkylation sites (N-methyl/N-ethyl adjacent to an activating group) is 2. The quantitative estimate of drug-likeness (QED) is 0.636. The molecule has 3 amide bonds. The zero-order chi connectivity index (χ0) is 23.8. The number of rotatable bonds is 5. The fraction of sp³-hybridized carbons (Fsp3) is 0.360. The zero-order valence-electron chi connectivity index (χ0n) is 19.4. The molecule has 0 aliphatic carbocycles. The zero-order valence-corrected chi connectivity index (χ0v) is 19.4. The number of para-hydroxylation sites is 1. The van der Waals surface area contributed by atoms with Crippen molar-refractivity contribution in [3.8, 4) is 0 Å². The number of hydrogen-bond acceptors (Lipinski definition) is 5. The van der Waals surface area contributed by atoms with Crippen molar-refractivity contribution < 1.29 is 18.6 Å². The Kier molecular flexibility index (Phi) is 5.87. The summed E-state index contributed by atoms with van der Waals surface area (Å²) in [5, 5.41) is 0. The lowest BCUT2D eigenvalue weighted by Crippen LogP contribution is -2.61. The third-order valence-electron chi connectivity index (χ3n) is 6.77. The monoisotopic (exact) mass is 463 g/mol. The van der Waals surface area contributed by atoms with E-state index in [-0.39, 0.29) is 18.3 Å². The van der Waals surface area contributed by atoms with Gasteiger partial charge in [-0.05, 0) is 23.2 Å². The first kappa shape index (κ1) is 22.2. The van der Waals surface area contributed by atoms with Gasteiger partial charge in [0.1, 0.15) is 18.9 Å². The molecule has 9 heteroatoms. The molecule has 2 aromatic carbocycles. The first-order chi connectivity index (χ1) is 16.4. The van der Waals surface area contributed by atoms with Crippen molar-refractivity contribution in [2.75, 3.05) is 51.7 Å². The van der Waals surface area contributed by atoms with Crippen LogP contribution in [0.4, 0.5) is 14.9 Å². The van der Waals surface area contributed by atoms with Crippen LogP contribution in [0.15, 0.2) is 59.6 Å². The summed E-state index contributed by atoms with van der Waals surface area (Å²) in [7, 11) is 3.10. The van der Waals surface area contributed by atoms with E-state index >= 15 is 0 Å². The molecule has 8 nitrogen and oxygen atoms in total. The lowest BCUT2D eigenvalue weighted by atomic mass is 10.1. The van der Waals surface area contributed by atoms with Crippen LogP contribution in [-0.4, -0.2) is 95.7 Å². The van der Waals surface area contributed by atoms with Gasteiger partial charge in [-0.3, -0.25) is 19.5 Å². The summed E-state index contributed by atoms with van der Waals surface area (Å²) in [5.74, 6) is 0.414. The highest BCUT2D eigenvalue weighted by Gasteiger charge is 2.53.